The van der Waals surface area contributed by atoms with Gasteiger partial charge in [0.15, 0.2) is 6.29 Å². The van der Waals surface area contributed by atoms with E-state index >= 15 is 0 Å². The van der Waals surface area contributed by atoms with Crippen molar-refractivity contribution in [3.05, 3.63) is 70.3 Å². The summed E-state index contributed by atoms with van der Waals surface area (Å²) in [5.41, 5.74) is 0.881. The molecule has 2 aromatic carbocycles. The molecule has 0 aromatic heterocycles. The van der Waals surface area contributed by atoms with Crippen LogP contribution in [0.15, 0.2) is 36.4 Å². The molecule has 1 heterocycles. The van der Waals surface area contributed by atoms with Crippen LogP contribution in [0.2, 0.25) is 0 Å². The van der Waals surface area contributed by atoms with Gasteiger partial charge in [0.1, 0.15) is 11.6 Å². The molecule has 0 N–H and O–H groups in total. The van der Waals surface area contributed by atoms with Gasteiger partial charge in [0.25, 0.3) is 0 Å². The molecule has 0 spiro atoms. The average Bonchev–Trinajstić information content (AvgIpc) is 2.96. The van der Waals surface area contributed by atoms with Gasteiger partial charge in [-0.2, -0.15) is 0 Å². The SMILES string of the molecule is COC(=O)c1ccc(F)cc1C=O.COC1OC(=O)c2ccc(F)cc21. The quantitative estimate of drug-likeness (QED) is 0.615. The number of aldehydes is 1. The van der Waals surface area contributed by atoms with Crippen LogP contribution in [-0.4, -0.2) is 32.4 Å². The van der Waals surface area contributed by atoms with Crippen LogP contribution in [0, 0.1) is 11.6 Å². The molecule has 1 atom stereocenters. The predicted molar refractivity (Wildman–Crippen MR) is 84.7 cm³/mol. The third-order valence-corrected chi connectivity index (χ3v) is 3.46. The summed E-state index contributed by atoms with van der Waals surface area (Å²) in [6.07, 6.45) is -0.354. The first-order valence-corrected chi connectivity index (χ1v) is 7.27. The van der Waals surface area contributed by atoms with E-state index in [9.17, 15) is 23.2 Å². The number of benzene rings is 2. The second-order valence-corrected chi connectivity index (χ2v) is 5.05. The number of esters is 2. The lowest BCUT2D eigenvalue weighted by molar-refractivity contribution is -0.0816. The normalized spacial score (nSPS) is 14.6. The molecule has 0 saturated heterocycles. The van der Waals surface area contributed by atoms with Gasteiger partial charge in [-0.25, -0.2) is 18.4 Å². The summed E-state index contributed by atoms with van der Waals surface area (Å²) in [6.45, 7) is 0. The molecule has 6 nitrogen and oxygen atoms in total. The standard InChI is InChI=1S/2C9H7FO3/c1-12-9-7-4-5(10)2-3-6(7)8(11)13-9;1-13-9(12)8-3-2-7(10)4-6(8)5-11/h2-4,9H,1H3;2-5H,1H3. The van der Waals surface area contributed by atoms with E-state index in [0.29, 0.717) is 17.4 Å². The molecule has 8 heteroatoms. The Kier molecular flexibility index (Phi) is 6.13. The van der Waals surface area contributed by atoms with E-state index in [1.165, 1.54) is 38.5 Å². The van der Waals surface area contributed by atoms with Gasteiger partial charge in [0.2, 0.25) is 6.29 Å². The topological polar surface area (TPSA) is 78.9 Å². The van der Waals surface area contributed by atoms with Crippen molar-refractivity contribution in [2.24, 2.45) is 0 Å². The van der Waals surface area contributed by atoms with Crippen LogP contribution in [0.25, 0.3) is 0 Å². The number of carbonyl (C=O) groups excluding carboxylic acids is 3. The molecule has 1 aliphatic rings. The second-order valence-electron chi connectivity index (χ2n) is 5.05. The first-order valence-electron chi connectivity index (χ1n) is 7.27. The summed E-state index contributed by atoms with van der Waals surface area (Å²) in [7, 11) is 2.60. The number of hydrogen-bond donors (Lipinski definition) is 0. The number of fused-ring (bicyclic) bond motifs is 1. The molecular formula is C18H14F2O6. The minimum absolute atomic E-state index is 0.00755. The Morgan fingerprint density at radius 1 is 1.12 bits per heavy atom. The third kappa shape index (κ3) is 4.09. The summed E-state index contributed by atoms with van der Waals surface area (Å²) in [5, 5.41) is 0. The van der Waals surface area contributed by atoms with Crippen LogP contribution >= 0.6 is 0 Å². The van der Waals surface area contributed by atoms with Gasteiger partial charge in [0.05, 0.1) is 18.2 Å². The molecule has 3 rings (SSSR count). The Morgan fingerprint density at radius 3 is 2.38 bits per heavy atom. The Hall–Kier alpha value is -3.13. The Bertz CT molecular complexity index is 850. The molecule has 0 saturated carbocycles. The van der Waals surface area contributed by atoms with E-state index in [2.05, 4.69) is 4.74 Å². The smallest absolute Gasteiger partial charge is 0.341 e. The lowest BCUT2D eigenvalue weighted by Crippen LogP contribution is -2.05. The Balaban J connectivity index is 0.000000187. The predicted octanol–water partition coefficient (Wildman–Crippen LogP) is 3.07. The largest absolute Gasteiger partial charge is 0.465 e. The van der Waals surface area contributed by atoms with Crippen molar-refractivity contribution in [2.75, 3.05) is 14.2 Å². The first kappa shape index (κ1) is 19.2. The van der Waals surface area contributed by atoms with Crippen LogP contribution in [-0.2, 0) is 14.2 Å². The molecule has 1 unspecified atom stereocenters. The molecule has 0 bridgehead atoms. The monoisotopic (exact) mass is 364 g/mol. The van der Waals surface area contributed by atoms with Gasteiger partial charge in [-0.15, -0.1) is 0 Å². The summed E-state index contributed by atoms with van der Waals surface area (Å²) in [6, 6.07) is 7.15. The number of carbonyl (C=O) groups is 3. The number of methoxy groups -OCH3 is 2. The molecule has 0 amide bonds. The van der Waals surface area contributed by atoms with E-state index in [4.69, 9.17) is 9.47 Å². The maximum absolute atomic E-state index is 12.8. The minimum atomic E-state index is -0.766. The molecular weight excluding hydrogens is 350 g/mol. The van der Waals surface area contributed by atoms with Crippen molar-refractivity contribution in [3.8, 4) is 0 Å². The number of cyclic esters (lactones) is 1. The van der Waals surface area contributed by atoms with E-state index in [1.54, 1.807) is 0 Å². The van der Waals surface area contributed by atoms with E-state index in [1.807, 2.05) is 0 Å². The zero-order chi connectivity index (χ0) is 19.3. The average molecular weight is 364 g/mol. The van der Waals surface area contributed by atoms with Gasteiger partial charge >= 0.3 is 11.9 Å². The molecule has 1 aliphatic heterocycles. The third-order valence-electron chi connectivity index (χ3n) is 3.46. The molecule has 0 radical (unpaired) electrons. The fourth-order valence-electron chi connectivity index (χ4n) is 2.24. The molecule has 0 aliphatic carbocycles. The summed E-state index contributed by atoms with van der Waals surface area (Å²) < 4.78 is 39.4. The molecule has 0 fully saturated rings. The van der Waals surface area contributed by atoms with Gasteiger partial charge in [-0.05, 0) is 36.4 Å². The van der Waals surface area contributed by atoms with Crippen molar-refractivity contribution in [1.82, 2.24) is 0 Å². The van der Waals surface area contributed by atoms with Crippen LogP contribution < -0.4 is 0 Å². The lowest BCUT2D eigenvalue weighted by Gasteiger charge is -2.06. The van der Waals surface area contributed by atoms with Crippen LogP contribution in [0.4, 0.5) is 8.78 Å². The fourth-order valence-corrected chi connectivity index (χ4v) is 2.24. The second kappa shape index (κ2) is 8.30. The molecule has 2 aromatic rings. The highest BCUT2D eigenvalue weighted by atomic mass is 19.1. The Morgan fingerprint density at radius 2 is 1.77 bits per heavy atom. The van der Waals surface area contributed by atoms with Crippen molar-refractivity contribution >= 4 is 18.2 Å². The zero-order valence-electron chi connectivity index (χ0n) is 13.8. The summed E-state index contributed by atoms with van der Waals surface area (Å²) in [5.74, 6) is -2.09. The van der Waals surface area contributed by atoms with Crippen LogP contribution in [0.1, 0.15) is 42.9 Å². The number of hydrogen-bond acceptors (Lipinski definition) is 6. The van der Waals surface area contributed by atoms with Gasteiger partial charge in [-0.1, -0.05) is 0 Å². The van der Waals surface area contributed by atoms with Crippen molar-refractivity contribution in [1.29, 1.82) is 0 Å². The van der Waals surface area contributed by atoms with Gasteiger partial charge < -0.3 is 14.2 Å². The van der Waals surface area contributed by atoms with Crippen molar-refractivity contribution in [3.63, 3.8) is 0 Å². The highest BCUT2D eigenvalue weighted by Crippen LogP contribution is 2.31. The van der Waals surface area contributed by atoms with Crippen molar-refractivity contribution in [2.45, 2.75) is 6.29 Å². The van der Waals surface area contributed by atoms with E-state index in [0.717, 1.165) is 12.1 Å². The highest BCUT2D eigenvalue weighted by Gasteiger charge is 2.31. The zero-order valence-corrected chi connectivity index (χ0v) is 13.8. The fraction of sp³-hybridized carbons (Fsp3) is 0.167. The number of rotatable bonds is 3. The molecule has 26 heavy (non-hydrogen) atoms. The minimum Gasteiger partial charge on any atom is -0.465 e. The first-order chi connectivity index (χ1) is 12.4. The van der Waals surface area contributed by atoms with Gasteiger partial charge in [-0.3, -0.25) is 4.79 Å². The van der Waals surface area contributed by atoms with E-state index in [-0.39, 0.29) is 11.1 Å². The Labute approximate surface area is 147 Å². The van der Waals surface area contributed by atoms with Crippen molar-refractivity contribution < 1.29 is 37.4 Å². The highest BCUT2D eigenvalue weighted by molar-refractivity contribution is 5.98. The summed E-state index contributed by atoms with van der Waals surface area (Å²) >= 11 is 0. The van der Waals surface area contributed by atoms with Crippen LogP contribution in [0.3, 0.4) is 0 Å². The molecule has 136 valence electrons. The number of halogens is 2. The van der Waals surface area contributed by atoms with E-state index < -0.39 is 29.9 Å². The maximum atomic E-state index is 12.8. The lowest BCUT2D eigenvalue weighted by atomic mass is 10.1. The number of ether oxygens (including phenoxy) is 3. The maximum Gasteiger partial charge on any atom is 0.341 e. The summed E-state index contributed by atoms with van der Waals surface area (Å²) in [4.78, 5) is 32.5. The van der Waals surface area contributed by atoms with Gasteiger partial charge in [0, 0.05) is 18.2 Å². The van der Waals surface area contributed by atoms with Crippen LogP contribution in [0.5, 0.6) is 0 Å².